The molecule has 1 N–H and O–H groups in total. The van der Waals surface area contributed by atoms with Gasteiger partial charge in [-0.05, 0) is 66.6 Å². The van der Waals surface area contributed by atoms with Gasteiger partial charge in [0.15, 0.2) is 0 Å². The third-order valence-electron chi connectivity index (χ3n) is 4.81. The highest BCUT2D eigenvalue weighted by molar-refractivity contribution is 7.91. The number of rotatable bonds is 5. The second-order valence-corrected chi connectivity index (χ2v) is 10.3. The Morgan fingerprint density at radius 1 is 1.21 bits per heavy atom. The van der Waals surface area contributed by atoms with E-state index in [9.17, 15) is 13.2 Å². The maximum atomic E-state index is 12.9. The number of aryl methyl sites for hydroxylation is 1. The molecule has 0 aliphatic carbocycles. The third kappa shape index (κ3) is 4.21. The molecule has 4 rings (SSSR count). The third-order valence-corrected chi connectivity index (χ3v) is 8.15. The lowest BCUT2D eigenvalue weighted by Gasteiger charge is -2.30. The fourth-order valence-electron chi connectivity index (χ4n) is 3.27. The van der Waals surface area contributed by atoms with Gasteiger partial charge in [0.1, 0.15) is 10.5 Å². The van der Waals surface area contributed by atoms with E-state index in [1.54, 1.807) is 36.4 Å². The minimum absolute atomic E-state index is 0.178. The van der Waals surface area contributed by atoms with Gasteiger partial charge in [-0.2, -0.15) is 4.31 Å². The first kappa shape index (κ1) is 19.7. The molecule has 1 fully saturated rings. The van der Waals surface area contributed by atoms with Crippen molar-refractivity contribution in [1.29, 1.82) is 0 Å². The molecule has 1 amide bonds. The Kier molecular flexibility index (Phi) is 5.43. The van der Waals surface area contributed by atoms with E-state index in [4.69, 9.17) is 0 Å². The van der Waals surface area contributed by atoms with Crippen molar-refractivity contribution in [3.63, 3.8) is 0 Å². The molecule has 1 aliphatic rings. The highest BCUT2D eigenvalue weighted by Crippen LogP contribution is 2.28. The van der Waals surface area contributed by atoms with Crippen LogP contribution in [0.4, 0.5) is 5.69 Å². The van der Waals surface area contributed by atoms with Crippen molar-refractivity contribution in [2.45, 2.75) is 24.0 Å². The van der Waals surface area contributed by atoms with E-state index in [0.717, 1.165) is 10.6 Å². The second kappa shape index (κ2) is 8.01. The van der Waals surface area contributed by atoms with Crippen LogP contribution in [0.25, 0.3) is 5.69 Å². The number of carbonyl (C=O) groups is 1. The summed E-state index contributed by atoms with van der Waals surface area (Å²) in [6, 6.07) is 10.5. The molecule has 1 saturated heterocycles. The average molecular weight is 433 g/mol. The van der Waals surface area contributed by atoms with Gasteiger partial charge < -0.3 is 5.32 Å². The van der Waals surface area contributed by atoms with Crippen molar-refractivity contribution in [3.8, 4) is 5.69 Å². The van der Waals surface area contributed by atoms with Crippen molar-refractivity contribution in [2.24, 2.45) is 5.92 Å². The van der Waals surface area contributed by atoms with E-state index in [-0.39, 0.29) is 12.5 Å². The fraction of sp³-hybridized carbons (Fsp3) is 0.333. The number of sulfonamides is 1. The zero-order chi connectivity index (χ0) is 20.4. The van der Waals surface area contributed by atoms with Crippen LogP contribution in [0.5, 0.6) is 0 Å². The van der Waals surface area contributed by atoms with Crippen LogP contribution < -0.4 is 5.32 Å². The Morgan fingerprint density at radius 3 is 2.66 bits per heavy atom. The normalized spacial score (nSPS) is 17.9. The van der Waals surface area contributed by atoms with Gasteiger partial charge >= 0.3 is 0 Å². The van der Waals surface area contributed by atoms with E-state index >= 15 is 0 Å². The lowest BCUT2D eigenvalue weighted by Crippen LogP contribution is -2.43. The standard InChI is InChI=1S/C18H20N6O3S2/c1-13-4-9-17(28-13)29(26,27)23-10-2-3-14(11-23)18(25)20-15-5-7-16(8-6-15)24-12-19-21-22-24/h4-9,12,14H,2-3,10-11H2,1H3,(H,20,25). The molecular weight excluding hydrogens is 412 g/mol. The number of hydrogen-bond acceptors (Lipinski definition) is 7. The molecule has 152 valence electrons. The second-order valence-electron chi connectivity index (χ2n) is 6.86. The molecule has 9 nitrogen and oxygen atoms in total. The lowest BCUT2D eigenvalue weighted by molar-refractivity contribution is -0.120. The molecule has 1 aromatic carbocycles. The highest BCUT2D eigenvalue weighted by Gasteiger charge is 2.34. The Balaban J connectivity index is 1.42. The quantitative estimate of drug-likeness (QED) is 0.661. The molecule has 1 aliphatic heterocycles. The monoisotopic (exact) mass is 432 g/mol. The fourth-order valence-corrected chi connectivity index (χ4v) is 6.24. The minimum Gasteiger partial charge on any atom is -0.326 e. The zero-order valence-electron chi connectivity index (χ0n) is 15.7. The van der Waals surface area contributed by atoms with Crippen molar-refractivity contribution in [1.82, 2.24) is 24.5 Å². The summed E-state index contributed by atoms with van der Waals surface area (Å²) >= 11 is 1.25. The summed E-state index contributed by atoms with van der Waals surface area (Å²) in [5.41, 5.74) is 1.41. The molecule has 11 heteroatoms. The maximum Gasteiger partial charge on any atom is 0.252 e. The molecule has 3 aromatic rings. The van der Waals surface area contributed by atoms with E-state index in [1.165, 1.54) is 26.7 Å². The Bertz CT molecular complexity index is 1090. The van der Waals surface area contributed by atoms with Gasteiger partial charge in [-0.15, -0.1) is 16.4 Å². The van der Waals surface area contributed by atoms with Crippen LogP contribution in [0.1, 0.15) is 17.7 Å². The lowest BCUT2D eigenvalue weighted by atomic mass is 9.98. The van der Waals surface area contributed by atoms with Gasteiger partial charge in [-0.25, -0.2) is 13.1 Å². The van der Waals surface area contributed by atoms with Crippen LogP contribution in [0, 0.1) is 12.8 Å². The summed E-state index contributed by atoms with van der Waals surface area (Å²) in [6.45, 7) is 2.50. The number of thiophene rings is 1. The smallest absolute Gasteiger partial charge is 0.252 e. The Hall–Kier alpha value is -2.63. The first-order chi connectivity index (χ1) is 13.9. The van der Waals surface area contributed by atoms with Gasteiger partial charge in [0, 0.05) is 23.7 Å². The van der Waals surface area contributed by atoms with Crippen LogP contribution >= 0.6 is 11.3 Å². The van der Waals surface area contributed by atoms with E-state index in [2.05, 4.69) is 20.8 Å². The largest absolute Gasteiger partial charge is 0.326 e. The molecule has 0 bridgehead atoms. The Morgan fingerprint density at radius 2 is 2.00 bits per heavy atom. The number of nitrogens with one attached hydrogen (secondary N) is 1. The molecule has 29 heavy (non-hydrogen) atoms. The number of piperidine rings is 1. The molecule has 1 atom stereocenters. The molecular formula is C18H20N6O3S2. The van der Waals surface area contributed by atoms with Gasteiger partial charge in [0.05, 0.1) is 11.6 Å². The topological polar surface area (TPSA) is 110 Å². The summed E-state index contributed by atoms with van der Waals surface area (Å²) in [5.74, 6) is -0.568. The van der Waals surface area contributed by atoms with Crippen LogP contribution in [-0.4, -0.2) is 51.9 Å². The minimum atomic E-state index is -3.56. The van der Waals surface area contributed by atoms with Crippen molar-refractivity contribution in [3.05, 3.63) is 47.6 Å². The number of benzene rings is 1. The summed E-state index contributed by atoms with van der Waals surface area (Å²) in [7, 11) is -3.56. The van der Waals surface area contributed by atoms with Crippen molar-refractivity contribution >= 4 is 33.0 Å². The van der Waals surface area contributed by atoms with E-state index in [1.807, 2.05) is 6.92 Å². The number of anilines is 1. The average Bonchev–Trinajstić information content (AvgIpc) is 3.41. The number of aromatic nitrogens is 4. The number of amides is 1. The summed E-state index contributed by atoms with van der Waals surface area (Å²) < 4.78 is 29.0. The van der Waals surface area contributed by atoms with Gasteiger partial charge in [0.2, 0.25) is 5.91 Å². The molecule has 0 spiro atoms. The van der Waals surface area contributed by atoms with E-state index < -0.39 is 15.9 Å². The van der Waals surface area contributed by atoms with Crippen LogP contribution in [0.15, 0.2) is 46.9 Å². The highest BCUT2D eigenvalue weighted by atomic mass is 32.2. The zero-order valence-corrected chi connectivity index (χ0v) is 17.4. The molecule has 3 heterocycles. The first-order valence-electron chi connectivity index (χ1n) is 9.14. The summed E-state index contributed by atoms with van der Waals surface area (Å²) in [5, 5.41) is 13.9. The van der Waals surface area contributed by atoms with Crippen LogP contribution in [-0.2, 0) is 14.8 Å². The van der Waals surface area contributed by atoms with Crippen molar-refractivity contribution in [2.75, 3.05) is 18.4 Å². The van der Waals surface area contributed by atoms with Crippen molar-refractivity contribution < 1.29 is 13.2 Å². The molecule has 1 unspecified atom stereocenters. The summed E-state index contributed by atoms with van der Waals surface area (Å²) in [4.78, 5) is 13.7. The van der Waals surface area contributed by atoms with Gasteiger partial charge in [0.25, 0.3) is 10.0 Å². The number of carbonyl (C=O) groups excluding carboxylic acids is 1. The van der Waals surface area contributed by atoms with E-state index in [0.29, 0.717) is 29.3 Å². The number of hydrogen-bond donors (Lipinski definition) is 1. The number of nitrogens with zero attached hydrogens (tertiary/aromatic N) is 5. The molecule has 0 radical (unpaired) electrons. The molecule has 2 aromatic heterocycles. The van der Waals surface area contributed by atoms with Gasteiger partial charge in [-0.3, -0.25) is 4.79 Å². The maximum absolute atomic E-state index is 12.9. The van der Waals surface area contributed by atoms with Crippen LogP contribution in [0.3, 0.4) is 0 Å². The predicted molar refractivity (Wildman–Crippen MR) is 108 cm³/mol. The Labute approximate surface area is 172 Å². The van der Waals surface area contributed by atoms with Gasteiger partial charge in [-0.1, -0.05) is 0 Å². The molecule has 0 saturated carbocycles. The SMILES string of the molecule is Cc1ccc(S(=O)(=O)N2CCCC(C(=O)Nc3ccc(-n4cnnn4)cc3)C2)s1. The first-order valence-corrected chi connectivity index (χ1v) is 11.4. The van der Waals surface area contributed by atoms with Crippen LogP contribution in [0.2, 0.25) is 0 Å². The number of tetrazole rings is 1. The predicted octanol–water partition coefficient (Wildman–Crippen LogP) is 2.07. The summed E-state index contributed by atoms with van der Waals surface area (Å²) in [6.07, 6.45) is 2.80.